The molecule has 0 saturated carbocycles. The maximum atomic E-state index is 12.4. The molecule has 5 nitrogen and oxygen atoms in total. The summed E-state index contributed by atoms with van der Waals surface area (Å²) in [6.45, 7) is 4.19. The van der Waals surface area contributed by atoms with Crippen LogP contribution in [0, 0.1) is 6.92 Å². The molecule has 0 amide bonds. The van der Waals surface area contributed by atoms with Crippen LogP contribution >= 0.6 is 0 Å². The molecule has 1 aromatic rings. The molecule has 6 heteroatoms. The number of aryl methyl sites for hydroxylation is 1. The summed E-state index contributed by atoms with van der Waals surface area (Å²) in [5.74, 6) is 0.342. The van der Waals surface area contributed by atoms with Gasteiger partial charge in [-0.2, -0.15) is 0 Å². The molecule has 0 aromatic heterocycles. The highest BCUT2D eigenvalue weighted by Gasteiger charge is 2.22. The van der Waals surface area contributed by atoms with Gasteiger partial charge in [0.25, 0.3) is 0 Å². The second kappa shape index (κ2) is 7.61. The highest BCUT2D eigenvalue weighted by Crippen LogP contribution is 2.24. The molecular weight excluding hydrogens is 276 g/mol. The van der Waals surface area contributed by atoms with Gasteiger partial charge in [0, 0.05) is 12.6 Å². The van der Waals surface area contributed by atoms with Crippen LogP contribution in [0.15, 0.2) is 23.1 Å². The van der Waals surface area contributed by atoms with Crippen LogP contribution in [-0.4, -0.2) is 28.1 Å². The molecule has 0 aliphatic rings. The number of hydrogen-bond acceptors (Lipinski definition) is 4. The van der Waals surface area contributed by atoms with Crippen LogP contribution in [0.1, 0.15) is 31.7 Å². The van der Waals surface area contributed by atoms with E-state index >= 15 is 0 Å². The Balaban J connectivity index is 3.00. The zero-order valence-electron chi connectivity index (χ0n) is 12.3. The van der Waals surface area contributed by atoms with Gasteiger partial charge in [0.2, 0.25) is 10.0 Å². The van der Waals surface area contributed by atoms with Crippen molar-refractivity contribution in [2.24, 2.45) is 5.73 Å². The SMILES string of the molecule is CCCCC(CN)NS(=O)(=O)c1cc(C)ccc1OC. The van der Waals surface area contributed by atoms with Gasteiger partial charge in [-0.15, -0.1) is 0 Å². The normalized spacial score (nSPS) is 13.2. The quantitative estimate of drug-likeness (QED) is 0.767. The Hall–Kier alpha value is -1.11. The molecule has 0 heterocycles. The van der Waals surface area contributed by atoms with E-state index in [0.717, 1.165) is 24.8 Å². The fourth-order valence-electron chi connectivity index (χ4n) is 1.95. The lowest BCUT2D eigenvalue weighted by Gasteiger charge is -2.18. The lowest BCUT2D eigenvalue weighted by atomic mass is 10.1. The Bertz CT molecular complexity index is 529. The summed E-state index contributed by atoms with van der Waals surface area (Å²) in [6, 6.07) is 4.84. The fraction of sp³-hybridized carbons (Fsp3) is 0.571. The summed E-state index contributed by atoms with van der Waals surface area (Å²) >= 11 is 0. The smallest absolute Gasteiger partial charge is 0.244 e. The largest absolute Gasteiger partial charge is 0.495 e. The van der Waals surface area contributed by atoms with Crippen molar-refractivity contribution in [3.63, 3.8) is 0 Å². The lowest BCUT2D eigenvalue weighted by molar-refractivity contribution is 0.401. The van der Waals surface area contributed by atoms with Gasteiger partial charge in [-0.25, -0.2) is 13.1 Å². The maximum absolute atomic E-state index is 12.4. The van der Waals surface area contributed by atoms with Crippen molar-refractivity contribution in [3.05, 3.63) is 23.8 Å². The molecule has 0 radical (unpaired) electrons. The Labute approximate surface area is 121 Å². The number of ether oxygens (including phenoxy) is 1. The Morgan fingerprint density at radius 2 is 2.10 bits per heavy atom. The molecule has 3 N–H and O–H groups in total. The van der Waals surface area contributed by atoms with Crippen LogP contribution < -0.4 is 15.2 Å². The monoisotopic (exact) mass is 300 g/mol. The predicted molar refractivity (Wildman–Crippen MR) is 80.4 cm³/mol. The third kappa shape index (κ3) is 4.47. The zero-order valence-corrected chi connectivity index (χ0v) is 13.2. The molecular formula is C14H24N2O3S. The van der Waals surface area contributed by atoms with E-state index in [1.807, 2.05) is 13.0 Å². The molecule has 1 unspecified atom stereocenters. The fourth-order valence-corrected chi connectivity index (χ4v) is 3.49. The number of nitrogens with two attached hydrogens (primary N) is 1. The number of hydrogen-bond donors (Lipinski definition) is 2. The summed E-state index contributed by atoms with van der Waals surface area (Å²) in [7, 11) is -2.16. The van der Waals surface area contributed by atoms with Crippen molar-refractivity contribution in [2.75, 3.05) is 13.7 Å². The van der Waals surface area contributed by atoms with Gasteiger partial charge in [-0.3, -0.25) is 0 Å². The van der Waals surface area contributed by atoms with Crippen molar-refractivity contribution in [3.8, 4) is 5.75 Å². The van der Waals surface area contributed by atoms with E-state index in [9.17, 15) is 8.42 Å². The van der Waals surface area contributed by atoms with Gasteiger partial charge in [0.1, 0.15) is 10.6 Å². The van der Waals surface area contributed by atoms with Gasteiger partial charge in [-0.05, 0) is 31.0 Å². The molecule has 1 aromatic carbocycles. The minimum Gasteiger partial charge on any atom is -0.495 e. The van der Waals surface area contributed by atoms with Gasteiger partial charge >= 0.3 is 0 Å². The van der Waals surface area contributed by atoms with E-state index in [4.69, 9.17) is 10.5 Å². The second-order valence-electron chi connectivity index (χ2n) is 4.85. The van der Waals surface area contributed by atoms with Gasteiger partial charge in [0.05, 0.1) is 7.11 Å². The van der Waals surface area contributed by atoms with E-state index in [-0.39, 0.29) is 17.5 Å². The minimum atomic E-state index is -3.62. The number of rotatable bonds is 8. The van der Waals surface area contributed by atoms with E-state index in [2.05, 4.69) is 11.6 Å². The first kappa shape index (κ1) is 16.9. The van der Waals surface area contributed by atoms with Crippen molar-refractivity contribution in [1.82, 2.24) is 4.72 Å². The molecule has 0 bridgehead atoms. The number of nitrogens with one attached hydrogen (secondary N) is 1. The van der Waals surface area contributed by atoms with E-state index in [1.54, 1.807) is 12.1 Å². The van der Waals surface area contributed by atoms with Crippen LogP contribution in [0.25, 0.3) is 0 Å². The lowest BCUT2D eigenvalue weighted by Crippen LogP contribution is -2.40. The molecule has 20 heavy (non-hydrogen) atoms. The van der Waals surface area contributed by atoms with E-state index < -0.39 is 10.0 Å². The summed E-state index contributed by atoms with van der Waals surface area (Å²) in [4.78, 5) is 0.162. The van der Waals surface area contributed by atoms with Crippen molar-refractivity contribution < 1.29 is 13.2 Å². The van der Waals surface area contributed by atoms with Gasteiger partial charge in [0.15, 0.2) is 0 Å². The first-order valence-corrected chi connectivity index (χ1v) is 8.30. The van der Waals surface area contributed by atoms with E-state index in [1.165, 1.54) is 7.11 Å². The van der Waals surface area contributed by atoms with Gasteiger partial charge in [-0.1, -0.05) is 25.8 Å². The number of unbranched alkanes of at least 4 members (excludes halogenated alkanes) is 1. The van der Waals surface area contributed by atoms with Crippen LogP contribution in [0.3, 0.4) is 0 Å². The Morgan fingerprint density at radius 3 is 2.65 bits per heavy atom. The molecule has 114 valence electrons. The molecule has 0 aliphatic carbocycles. The first-order chi connectivity index (χ1) is 9.44. The molecule has 0 fully saturated rings. The molecule has 0 spiro atoms. The number of sulfonamides is 1. The second-order valence-corrected chi connectivity index (χ2v) is 6.53. The first-order valence-electron chi connectivity index (χ1n) is 6.81. The van der Waals surface area contributed by atoms with E-state index in [0.29, 0.717) is 5.75 Å². The zero-order chi connectivity index (χ0) is 15.2. The average Bonchev–Trinajstić information content (AvgIpc) is 2.43. The van der Waals surface area contributed by atoms with Crippen LogP contribution in [0.5, 0.6) is 5.75 Å². The van der Waals surface area contributed by atoms with Crippen molar-refractivity contribution in [1.29, 1.82) is 0 Å². The summed E-state index contributed by atoms with van der Waals surface area (Å²) in [6.07, 6.45) is 2.68. The molecule has 1 atom stereocenters. The number of methoxy groups -OCH3 is 1. The maximum Gasteiger partial charge on any atom is 0.244 e. The topological polar surface area (TPSA) is 81.4 Å². The Kier molecular flexibility index (Phi) is 6.45. The molecule has 1 rings (SSSR count). The van der Waals surface area contributed by atoms with Crippen molar-refractivity contribution in [2.45, 2.75) is 44.0 Å². The van der Waals surface area contributed by atoms with Crippen LogP contribution in [-0.2, 0) is 10.0 Å². The Morgan fingerprint density at radius 1 is 1.40 bits per heavy atom. The average molecular weight is 300 g/mol. The summed E-state index contributed by atoms with van der Waals surface area (Å²) < 4.78 is 32.7. The standard InChI is InChI=1S/C14H24N2O3S/c1-4-5-6-12(10-15)16-20(17,18)14-9-11(2)7-8-13(14)19-3/h7-9,12,16H,4-6,10,15H2,1-3H3. The molecule has 0 saturated heterocycles. The number of benzene rings is 1. The predicted octanol–water partition coefficient (Wildman–Crippen LogP) is 1.80. The third-order valence-electron chi connectivity index (χ3n) is 3.12. The van der Waals surface area contributed by atoms with Gasteiger partial charge < -0.3 is 10.5 Å². The van der Waals surface area contributed by atoms with Crippen molar-refractivity contribution >= 4 is 10.0 Å². The van der Waals surface area contributed by atoms with Crippen LogP contribution in [0.4, 0.5) is 0 Å². The highest BCUT2D eigenvalue weighted by molar-refractivity contribution is 7.89. The van der Waals surface area contributed by atoms with Crippen LogP contribution in [0.2, 0.25) is 0 Å². The summed E-state index contributed by atoms with van der Waals surface area (Å²) in [5.41, 5.74) is 6.51. The summed E-state index contributed by atoms with van der Waals surface area (Å²) in [5, 5.41) is 0. The highest BCUT2D eigenvalue weighted by atomic mass is 32.2. The minimum absolute atomic E-state index is 0.162. The third-order valence-corrected chi connectivity index (χ3v) is 4.66. The molecule has 0 aliphatic heterocycles.